The van der Waals surface area contributed by atoms with Gasteiger partial charge in [-0.05, 0) is 12.1 Å². The molecular formula is C11H12N2O3. The van der Waals surface area contributed by atoms with Crippen molar-refractivity contribution in [3.63, 3.8) is 0 Å². The first-order valence-electron chi connectivity index (χ1n) is 4.85. The van der Waals surface area contributed by atoms with E-state index in [0.717, 1.165) is 0 Å². The summed E-state index contributed by atoms with van der Waals surface area (Å²) in [5.41, 5.74) is 0.979. The van der Waals surface area contributed by atoms with E-state index in [2.05, 4.69) is 5.32 Å². The number of hydrogen-bond donors (Lipinski definition) is 1. The molecule has 5 heteroatoms. The number of rotatable bonds is 1. The SMILES string of the molecule is COc1ccc2c(c1)NC(=O)CN(C)C2=O. The number of methoxy groups -OCH3 is 1. The summed E-state index contributed by atoms with van der Waals surface area (Å²) in [5.74, 6) is 0.232. The number of amides is 2. The van der Waals surface area contributed by atoms with E-state index in [1.165, 1.54) is 12.0 Å². The van der Waals surface area contributed by atoms with E-state index in [4.69, 9.17) is 4.74 Å². The van der Waals surface area contributed by atoms with Gasteiger partial charge in [0, 0.05) is 13.1 Å². The van der Waals surface area contributed by atoms with Crippen molar-refractivity contribution < 1.29 is 14.3 Å². The lowest BCUT2D eigenvalue weighted by molar-refractivity contribution is -0.116. The first kappa shape index (κ1) is 10.5. The summed E-state index contributed by atoms with van der Waals surface area (Å²) in [6.07, 6.45) is 0. The molecular weight excluding hydrogens is 208 g/mol. The van der Waals surface area contributed by atoms with Gasteiger partial charge < -0.3 is 15.0 Å². The standard InChI is InChI=1S/C11H12N2O3/c1-13-6-10(14)12-9-5-7(16-2)3-4-8(9)11(13)15/h3-5H,6H2,1-2H3,(H,12,14). The van der Waals surface area contributed by atoms with E-state index < -0.39 is 0 Å². The first-order valence-corrected chi connectivity index (χ1v) is 4.85. The third-order valence-electron chi connectivity index (χ3n) is 2.46. The molecule has 0 atom stereocenters. The second-order valence-corrected chi connectivity index (χ2v) is 3.62. The number of carbonyl (C=O) groups is 2. The second kappa shape index (κ2) is 3.84. The number of anilines is 1. The highest BCUT2D eigenvalue weighted by atomic mass is 16.5. The average molecular weight is 220 g/mol. The van der Waals surface area contributed by atoms with Crippen LogP contribution in [0.5, 0.6) is 5.75 Å². The lowest BCUT2D eigenvalue weighted by Gasteiger charge is -2.12. The fourth-order valence-electron chi connectivity index (χ4n) is 1.62. The molecule has 84 valence electrons. The smallest absolute Gasteiger partial charge is 0.256 e. The molecule has 0 radical (unpaired) electrons. The molecule has 0 aromatic heterocycles. The summed E-state index contributed by atoms with van der Waals surface area (Å²) in [4.78, 5) is 24.7. The van der Waals surface area contributed by atoms with Crippen LogP contribution in [0, 0.1) is 0 Å². The summed E-state index contributed by atoms with van der Waals surface area (Å²) in [6.45, 7) is 0.0653. The van der Waals surface area contributed by atoms with Gasteiger partial charge in [-0.25, -0.2) is 0 Å². The molecule has 0 saturated heterocycles. The van der Waals surface area contributed by atoms with Crippen LogP contribution in [0.1, 0.15) is 10.4 Å². The molecule has 16 heavy (non-hydrogen) atoms. The van der Waals surface area contributed by atoms with E-state index in [-0.39, 0.29) is 18.4 Å². The van der Waals surface area contributed by atoms with Gasteiger partial charge in [0.2, 0.25) is 5.91 Å². The van der Waals surface area contributed by atoms with Crippen LogP contribution in [-0.2, 0) is 4.79 Å². The summed E-state index contributed by atoms with van der Waals surface area (Å²) >= 11 is 0. The van der Waals surface area contributed by atoms with Crippen LogP contribution in [0.3, 0.4) is 0 Å². The highest BCUT2D eigenvalue weighted by Gasteiger charge is 2.23. The van der Waals surface area contributed by atoms with Gasteiger partial charge in [0.25, 0.3) is 5.91 Å². The number of carbonyl (C=O) groups excluding carboxylic acids is 2. The predicted octanol–water partition coefficient (Wildman–Crippen LogP) is 0.719. The fourth-order valence-corrected chi connectivity index (χ4v) is 1.62. The van der Waals surface area contributed by atoms with Crippen LogP contribution in [0.15, 0.2) is 18.2 Å². The van der Waals surface area contributed by atoms with Crippen molar-refractivity contribution >= 4 is 17.5 Å². The molecule has 2 amide bonds. The molecule has 1 aliphatic rings. The first-order chi connectivity index (χ1) is 7.61. The average Bonchev–Trinajstić information content (AvgIpc) is 2.36. The summed E-state index contributed by atoms with van der Waals surface area (Å²) in [7, 11) is 3.13. The van der Waals surface area contributed by atoms with Crippen molar-refractivity contribution in [3.05, 3.63) is 23.8 Å². The highest BCUT2D eigenvalue weighted by molar-refractivity contribution is 6.08. The minimum atomic E-state index is -0.206. The van der Waals surface area contributed by atoms with Gasteiger partial charge in [0.1, 0.15) is 5.75 Å². The van der Waals surface area contributed by atoms with Crippen molar-refractivity contribution in [1.29, 1.82) is 0 Å². The zero-order valence-corrected chi connectivity index (χ0v) is 9.11. The quantitative estimate of drug-likeness (QED) is 0.758. The Morgan fingerprint density at radius 3 is 2.81 bits per heavy atom. The van der Waals surface area contributed by atoms with Crippen LogP contribution in [0.2, 0.25) is 0 Å². The van der Waals surface area contributed by atoms with Crippen LogP contribution in [-0.4, -0.2) is 37.4 Å². The van der Waals surface area contributed by atoms with Crippen molar-refractivity contribution in [2.45, 2.75) is 0 Å². The monoisotopic (exact) mass is 220 g/mol. The Morgan fingerprint density at radius 1 is 1.38 bits per heavy atom. The zero-order valence-electron chi connectivity index (χ0n) is 9.11. The molecule has 2 rings (SSSR count). The third-order valence-corrected chi connectivity index (χ3v) is 2.46. The van der Waals surface area contributed by atoms with Crippen molar-refractivity contribution in [2.75, 3.05) is 26.0 Å². The third kappa shape index (κ3) is 1.71. The van der Waals surface area contributed by atoms with E-state index >= 15 is 0 Å². The number of likely N-dealkylation sites (N-methyl/N-ethyl adjacent to an activating group) is 1. The van der Waals surface area contributed by atoms with Crippen molar-refractivity contribution in [1.82, 2.24) is 4.90 Å². The Balaban J connectivity index is 2.50. The maximum Gasteiger partial charge on any atom is 0.256 e. The Morgan fingerprint density at radius 2 is 2.12 bits per heavy atom. The number of fused-ring (bicyclic) bond motifs is 1. The minimum Gasteiger partial charge on any atom is -0.497 e. The Kier molecular flexibility index (Phi) is 2.52. The van der Waals surface area contributed by atoms with Gasteiger partial charge in [0.15, 0.2) is 0 Å². The molecule has 0 aliphatic carbocycles. The summed E-state index contributed by atoms with van der Waals surface area (Å²) in [5, 5.41) is 2.68. The van der Waals surface area contributed by atoms with Gasteiger partial charge in [-0.3, -0.25) is 9.59 Å². The maximum atomic E-state index is 11.9. The number of nitrogens with one attached hydrogen (secondary N) is 1. The Labute approximate surface area is 93.0 Å². The van der Waals surface area contributed by atoms with Gasteiger partial charge in [0.05, 0.1) is 24.9 Å². The van der Waals surface area contributed by atoms with Crippen LogP contribution < -0.4 is 10.1 Å². The number of nitrogens with zero attached hydrogens (tertiary/aromatic N) is 1. The fraction of sp³-hybridized carbons (Fsp3) is 0.273. The molecule has 0 spiro atoms. The summed E-state index contributed by atoms with van der Waals surface area (Å²) in [6, 6.07) is 4.99. The largest absolute Gasteiger partial charge is 0.497 e. The summed E-state index contributed by atoms with van der Waals surface area (Å²) < 4.78 is 5.04. The lowest BCUT2D eigenvalue weighted by Crippen LogP contribution is -2.31. The lowest BCUT2D eigenvalue weighted by atomic mass is 10.1. The molecule has 5 nitrogen and oxygen atoms in total. The minimum absolute atomic E-state index is 0.0653. The molecule has 0 unspecified atom stereocenters. The second-order valence-electron chi connectivity index (χ2n) is 3.62. The van der Waals surface area contributed by atoms with Gasteiger partial charge >= 0.3 is 0 Å². The van der Waals surface area contributed by atoms with Gasteiger partial charge in [-0.1, -0.05) is 0 Å². The van der Waals surface area contributed by atoms with Crippen LogP contribution in [0.25, 0.3) is 0 Å². The molecule has 0 bridgehead atoms. The molecule has 1 heterocycles. The molecule has 0 fully saturated rings. The van der Waals surface area contributed by atoms with Crippen LogP contribution >= 0.6 is 0 Å². The highest BCUT2D eigenvalue weighted by Crippen LogP contribution is 2.25. The topological polar surface area (TPSA) is 58.6 Å². The number of ether oxygens (including phenoxy) is 1. The maximum absolute atomic E-state index is 11.9. The molecule has 1 N–H and O–H groups in total. The van der Waals surface area contributed by atoms with Gasteiger partial charge in [-0.2, -0.15) is 0 Å². The Bertz CT molecular complexity index is 457. The molecule has 1 aromatic rings. The van der Waals surface area contributed by atoms with E-state index in [0.29, 0.717) is 17.0 Å². The van der Waals surface area contributed by atoms with E-state index in [1.807, 2.05) is 0 Å². The molecule has 1 aliphatic heterocycles. The van der Waals surface area contributed by atoms with Gasteiger partial charge in [-0.15, -0.1) is 0 Å². The van der Waals surface area contributed by atoms with Crippen molar-refractivity contribution in [3.8, 4) is 5.75 Å². The van der Waals surface area contributed by atoms with Crippen LogP contribution in [0.4, 0.5) is 5.69 Å². The van der Waals surface area contributed by atoms with E-state index in [9.17, 15) is 9.59 Å². The zero-order chi connectivity index (χ0) is 11.7. The van der Waals surface area contributed by atoms with Crippen molar-refractivity contribution in [2.24, 2.45) is 0 Å². The number of benzene rings is 1. The molecule has 0 saturated carbocycles. The Hall–Kier alpha value is -2.04. The molecule has 1 aromatic carbocycles. The normalized spacial score (nSPS) is 15.2. The van der Waals surface area contributed by atoms with E-state index in [1.54, 1.807) is 25.2 Å². The predicted molar refractivity (Wildman–Crippen MR) is 58.6 cm³/mol. The number of hydrogen-bond acceptors (Lipinski definition) is 3.